The molecule has 0 amide bonds. The minimum Gasteiger partial charge on any atom is -0.361 e. The summed E-state index contributed by atoms with van der Waals surface area (Å²) in [6.07, 6.45) is 1.42. The van der Waals surface area contributed by atoms with Gasteiger partial charge in [0.05, 0.1) is 0 Å². The third-order valence-corrected chi connectivity index (χ3v) is 2.00. The zero-order valence-corrected chi connectivity index (χ0v) is 9.51. The largest absolute Gasteiger partial charge is 0.361 e. The van der Waals surface area contributed by atoms with Crippen LogP contribution >= 0.6 is 0 Å². The predicted molar refractivity (Wildman–Crippen MR) is 58.2 cm³/mol. The smallest absolute Gasteiger partial charge is 0.334 e. The van der Waals surface area contributed by atoms with Crippen molar-refractivity contribution in [1.82, 2.24) is 9.13 Å². The van der Waals surface area contributed by atoms with Gasteiger partial charge in [-0.05, 0) is 13.8 Å². The molecule has 1 rings (SSSR count). The van der Waals surface area contributed by atoms with Crippen LogP contribution in [0.15, 0.2) is 21.9 Å². The lowest BCUT2D eigenvalue weighted by Crippen LogP contribution is -2.39. The van der Waals surface area contributed by atoms with Gasteiger partial charge in [-0.1, -0.05) is 0 Å². The van der Waals surface area contributed by atoms with E-state index in [1.165, 1.54) is 16.8 Å². The van der Waals surface area contributed by atoms with Crippen molar-refractivity contribution in [1.29, 1.82) is 0 Å². The number of ether oxygens (including phenoxy) is 2. The molecule has 0 aliphatic rings. The van der Waals surface area contributed by atoms with Crippen molar-refractivity contribution in [3.05, 3.63) is 33.1 Å². The molecule has 0 spiro atoms. The van der Waals surface area contributed by atoms with E-state index >= 15 is 0 Å². The highest BCUT2D eigenvalue weighted by Gasteiger charge is 2.04. The molecule has 0 aliphatic carbocycles. The third kappa shape index (κ3) is 3.04. The fraction of sp³-hybridized carbons (Fsp3) is 0.600. The van der Waals surface area contributed by atoms with Crippen LogP contribution in [0.3, 0.4) is 0 Å². The van der Waals surface area contributed by atoms with Crippen LogP contribution in [0.2, 0.25) is 0 Å². The maximum atomic E-state index is 11.8. The van der Waals surface area contributed by atoms with Gasteiger partial charge in [0, 0.05) is 25.5 Å². The van der Waals surface area contributed by atoms with E-state index < -0.39 is 5.69 Å². The van der Waals surface area contributed by atoms with Gasteiger partial charge in [0.1, 0.15) is 13.5 Å². The molecule has 0 radical (unpaired) electrons. The normalized spacial score (nSPS) is 10.6. The van der Waals surface area contributed by atoms with E-state index in [-0.39, 0.29) is 19.0 Å². The van der Waals surface area contributed by atoms with Gasteiger partial charge in [-0.25, -0.2) is 9.36 Å². The van der Waals surface area contributed by atoms with Crippen molar-refractivity contribution in [2.75, 3.05) is 13.2 Å². The van der Waals surface area contributed by atoms with Gasteiger partial charge >= 0.3 is 5.69 Å². The van der Waals surface area contributed by atoms with E-state index in [1.807, 2.05) is 6.92 Å². The van der Waals surface area contributed by atoms with Crippen molar-refractivity contribution in [2.24, 2.45) is 0 Å². The number of rotatable bonds is 6. The van der Waals surface area contributed by atoms with E-state index in [4.69, 9.17) is 9.47 Å². The van der Waals surface area contributed by atoms with Crippen LogP contribution in [0.25, 0.3) is 0 Å². The number of hydrogen-bond acceptors (Lipinski definition) is 4. The molecular formula is C10H16N2O4. The summed E-state index contributed by atoms with van der Waals surface area (Å²) in [6, 6.07) is 1.32. The molecule has 6 heteroatoms. The Morgan fingerprint density at radius 1 is 1.12 bits per heavy atom. The molecule has 0 saturated carbocycles. The van der Waals surface area contributed by atoms with Crippen LogP contribution in [0.4, 0.5) is 0 Å². The lowest BCUT2D eigenvalue weighted by Gasteiger charge is -2.09. The highest BCUT2D eigenvalue weighted by Crippen LogP contribution is 1.83. The van der Waals surface area contributed by atoms with Crippen LogP contribution in [-0.4, -0.2) is 22.3 Å². The molecule has 0 fully saturated rings. The Hall–Kier alpha value is -1.40. The van der Waals surface area contributed by atoms with Gasteiger partial charge in [0.25, 0.3) is 5.56 Å². The molecule has 0 bridgehead atoms. The predicted octanol–water partition coefficient (Wildman–Crippen LogP) is -0.00200. The zero-order valence-electron chi connectivity index (χ0n) is 9.51. The van der Waals surface area contributed by atoms with Crippen LogP contribution < -0.4 is 11.2 Å². The molecule has 90 valence electrons. The fourth-order valence-corrected chi connectivity index (χ4v) is 1.15. The second-order valence-corrected chi connectivity index (χ2v) is 3.08. The summed E-state index contributed by atoms with van der Waals surface area (Å²) in [5.74, 6) is 0. The van der Waals surface area contributed by atoms with Crippen molar-refractivity contribution in [3.63, 3.8) is 0 Å². The van der Waals surface area contributed by atoms with Crippen molar-refractivity contribution in [3.8, 4) is 0 Å². The Morgan fingerprint density at radius 2 is 1.75 bits per heavy atom. The Bertz CT molecular complexity index is 435. The minimum absolute atomic E-state index is 0.0267. The number of hydrogen-bond donors (Lipinski definition) is 0. The summed E-state index contributed by atoms with van der Waals surface area (Å²) < 4.78 is 12.5. The average molecular weight is 228 g/mol. The number of aromatic nitrogens is 2. The van der Waals surface area contributed by atoms with Crippen LogP contribution in [0.1, 0.15) is 13.8 Å². The van der Waals surface area contributed by atoms with Crippen molar-refractivity contribution < 1.29 is 9.47 Å². The molecule has 1 aromatic rings. The van der Waals surface area contributed by atoms with Crippen molar-refractivity contribution >= 4 is 0 Å². The molecular weight excluding hydrogens is 212 g/mol. The van der Waals surface area contributed by atoms with E-state index in [0.717, 1.165) is 4.57 Å². The zero-order chi connectivity index (χ0) is 12.0. The topological polar surface area (TPSA) is 62.5 Å². The Balaban J connectivity index is 2.97. The monoisotopic (exact) mass is 228 g/mol. The first kappa shape index (κ1) is 12.7. The number of nitrogens with zero attached hydrogens (tertiary/aromatic N) is 2. The summed E-state index contributed by atoms with van der Waals surface area (Å²) in [6.45, 7) is 4.71. The first-order chi connectivity index (χ1) is 7.70. The maximum absolute atomic E-state index is 11.8. The van der Waals surface area contributed by atoms with E-state index in [2.05, 4.69) is 0 Å². The molecule has 6 nitrogen and oxygen atoms in total. The molecule has 0 N–H and O–H groups in total. The van der Waals surface area contributed by atoms with E-state index in [9.17, 15) is 9.59 Å². The second kappa shape index (κ2) is 6.24. The van der Waals surface area contributed by atoms with Crippen LogP contribution in [0, 0.1) is 0 Å². The van der Waals surface area contributed by atoms with Gasteiger partial charge in [-0.2, -0.15) is 0 Å². The summed E-state index contributed by atoms with van der Waals surface area (Å²) in [4.78, 5) is 23.2. The lowest BCUT2D eigenvalue weighted by molar-refractivity contribution is 0.0662. The minimum atomic E-state index is -0.422. The standard InChI is InChI=1S/C10H16N2O4/c1-3-15-7-11-6-5-9(13)12(10(11)14)8-16-4-2/h5-6H,3-4,7-8H2,1-2H3. The average Bonchev–Trinajstić information content (AvgIpc) is 2.28. The lowest BCUT2D eigenvalue weighted by atomic mass is 10.6. The van der Waals surface area contributed by atoms with E-state index in [1.54, 1.807) is 6.92 Å². The molecule has 16 heavy (non-hydrogen) atoms. The summed E-state index contributed by atoms with van der Waals surface area (Å²) >= 11 is 0. The van der Waals surface area contributed by atoms with Gasteiger partial charge in [0.2, 0.25) is 0 Å². The Morgan fingerprint density at radius 3 is 2.38 bits per heavy atom. The summed E-state index contributed by atoms with van der Waals surface area (Å²) in [5.41, 5.74) is -0.791. The molecule has 1 heterocycles. The van der Waals surface area contributed by atoms with Gasteiger partial charge < -0.3 is 9.47 Å². The molecule has 0 aromatic carbocycles. The molecule has 0 saturated heterocycles. The first-order valence-corrected chi connectivity index (χ1v) is 5.16. The van der Waals surface area contributed by atoms with Crippen molar-refractivity contribution in [2.45, 2.75) is 27.3 Å². The highest BCUT2D eigenvalue weighted by molar-refractivity contribution is 4.85. The Kier molecular flexibility index (Phi) is 4.94. The van der Waals surface area contributed by atoms with Gasteiger partial charge in [0.15, 0.2) is 0 Å². The Labute approximate surface area is 93.0 Å². The maximum Gasteiger partial charge on any atom is 0.334 e. The van der Waals surface area contributed by atoms with Crippen LogP contribution in [0.5, 0.6) is 0 Å². The molecule has 0 atom stereocenters. The third-order valence-electron chi connectivity index (χ3n) is 2.00. The summed E-state index contributed by atoms with van der Waals surface area (Å²) in [7, 11) is 0. The second-order valence-electron chi connectivity index (χ2n) is 3.08. The fourth-order valence-electron chi connectivity index (χ4n) is 1.15. The van der Waals surface area contributed by atoms with Crippen LogP contribution in [-0.2, 0) is 22.9 Å². The molecule has 0 unspecified atom stereocenters. The van der Waals surface area contributed by atoms with Gasteiger partial charge in [-0.3, -0.25) is 9.36 Å². The van der Waals surface area contributed by atoms with Gasteiger partial charge in [-0.15, -0.1) is 0 Å². The molecule has 1 aromatic heterocycles. The molecule has 0 aliphatic heterocycles. The quantitative estimate of drug-likeness (QED) is 0.687. The highest BCUT2D eigenvalue weighted by atomic mass is 16.5. The SMILES string of the molecule is CCOCn1ccc(=O)n(COCC)c1=O. The van der Waals surface area contributed by atoms with E-state index in [0.29, 0.717) is 13.2 Å². The first-order valence-electron chi connectivity index (χ1n) is 5.16. The summed E-state index contributed by atoms with van der Waals surface area (Å²) in [5, 5.41) is 0.